The first-order valence-corrected chi connectivity index (χ1v) is 7.64. The second-order valence-corrected chi connectivity index (χ2v) is 6.08. The minimum absolute atomic E-state index is 0.159. The summed E-state index contributed by atoms with van der Waals surface area (Å²) in [6.45, 7) is 2.55. The lowest BCUT2D eigenvalue weighted by molar-refractivity contribution is 0.343. The normalized spacial score (nSPS) is 11.1. The Morgan fingerprint density at radius 2 is 1.94 bits per heavy atom. The third-order valence-electron chi connectivity index (χ3n) is 2.68. The second-order valence-electron chi connectivity index (χ2n) is 4.01. The molecule has 0 aromatic heterocycles. The van der Waals surface area contributed by atoms with Crippen LogP contribution in [0.25, 0.3) is 10.8 Å². The molecule has 2 aromatic rings. The van der Waals surface area contributed by atoms with E-state index >= 15 is 0 Å². The third kappa shape index (κ3) is 2.20. The van der Waals surface area contributed by atoms with Gasteiger partial charge in [0.2, 0.25) is 0 Å². The standard InChI is InChI=1S/C14H16O2S/c1-4-16-12-7-5-6-10-13(17(2)3)9-8-11(15)14(10)12/h5-9H,4H2,1-3H3/p+1. The van der Waals surface area contributed by atoms with Gasteiger partial charge < -0.3 is 9.84 Å². The first-order valence-electron chi connectivity index (χ1n) is 5.60. The Balaban J connectivity index is 2.76. The van der Waals surface area contributed by atoms with Crippen LogP contribution in [0.5, 0.6) is 11.5 Å². The molecule has 17 heavy (non-hydrogen) atoms. The first-order chi connectivity index (χ1) is 8.15. The molecule has 0 amide bonds. The zero-order chi connectivity index (χ0) is 12.4. The summed E-state index contributed by atoms with van der Waals surface area (Å²) in [5, 5.41) is 11.9. The van der Waals surface area contributed by atoms with Crippen molar-refractivity contribution in [1.82, 2.24) is 0 Å². The van der Waals surface area contributed by atoms with Crippen LogP contribution in [0.4, 0.5) is 0 Å². The molecule has 0 saturated carbocycles. The van der Waals surface area contributed by atoms with Gasteiger partial charge in [0.25, 0.3) is 0 Å². The molecule has 1 N–H and O–H groups in total. The van der Waals surface area contributed by atoms with Gasteiger partial charge in [-0.1, -0.05) is 6.07 Å². The Kier molecular flexibility index (Phi) is 3.48. The van der Waals surface area contributed by atoms with Crippen molar-refractivity contribution >= 4 is 21.7 Å². The molecule has 0 heterocycles. The van der Waals surface area contributed by atoms with Gasteiger partial charge in [0.05, 0.1) is 12.0 Å². The molecule has 0 radical (unpaired) electrons. The van der Waals surface area contributed by atoms with Crippen LogP contribution in [0, 0.1) is 0 Å². The molecule has 2 rings (SSSR count). The Morgan fingerprint density at radius 1 is 1.18 bits per heavy atom. The molecule has 0 fully saturated rings. The van der Waals surface area contributed by atoms with Gasteiger partial charge in [-0.2, -0.15) is 0 Å². The van der Waals surface area contributed by atoms with Gasteiger partial charge in [-0.05, 0) is 31.2 Å². The lowest BCUT2D eigenvalue weighted by Gasteiger charge is -2.10. The zero-order valence-corrected chi connectivity index (χ0v) is 11.2. The minimum Gasteiger partial charge on any atom is -0.507 e. The van der Waals surface area contributed by atoms with E-state index in [1.807, 2.05) is 31.2 Å². The Labute approximate surface area is 105 Å². The lowest BCUT2D eigenvalue weighted by atomic mass is 10.1. The van der Waals surface area contributed by atoms with Gasteiger partial charge in [-0.3, -0.25) is 0 Å². The number of fused-ring (bicyclic) bond motifs is 1. The van der Waals surface area contributed by atoms with Crippen molar-refractivity contribution in [3.8, 4) is 11.5 Å². The van der Waals surface area contributed by atoms with Gasteiger partial charge in [-0.15, -0.1) is 0 Å². The van der Waals surface area contributed by atoms with Crippen LogP contribution in [0.3, 0.4) is 0 Å². The molecule has 2 aromatic carbocycles. The number of phenolic OH excluding ortho intramolecular Hbond substituents is 1. The summed E-state index contributed by atoms with van der Waals surface area (Å²) in [5.74, 6) is 1.05. The van der Waals surface area contributed by atoms with Crippen molar-refractivity contribution in [3.63, 3.8) is 0 Å². The smallest absolute Gasteiger partial charge is 0.162 e. The molecule has 2 nitrogen and oxygen atoms in total. The van der Waals surface area contributed by atoms with E-state index < -0.39 is 0 Å². The highest BCUT2D eigenvalue weighted by atomic mass is 32.2. The monoisotopic (exact) mass is 249 g/mol. The van der Waals surface area contributed by atoms with E-state index in [0.29, 0.717) is 12.4 Å². The number of hydrogen-bond acceptors (Lipinski definition) is 2. The maximum absolute atomic E-state index is 10.0. The molecule has 0 saturated heterocycles. The minimum atomic E-state index is 0.159. The summed E-state index contributed by atoms with van der Waals surface area (Å²) in [7, 11) is 0.159. The van der Waals surface area contributed by atoms with E-state index in [9.17, 15) is 5.11 Å². The van der Waals surface area contributed by atoms with Crippen LogP contribution in [0.1, 0.15) is 6.92 Å². The number of benzene rings is 2. The van der Waals surface area contributed by atoms with E-state index in [1.54, 1.807) is 6.07 Å². The predicted molar refractivity (Wildman–Crippen MR) is 74.3 cm³/mol. The van der Waals surface area contributed by atoms with Crippen LogP contribution in [-0.2, 0) is 10.9 Å². The van der Waals surface area contributed by atoms with Gasteiger partial charge in [0.1, 0.15) is 24.0 Å². The summed E-state index contributed by atoms with van der Waals surface area (Å²) in [5.41, 5.74) is 0. The first kappa shape index (κ1) is 12.1. The van der Waals surface area contributed by atoms with Crippen molar-refractivity contribution in [2.24, 2.45) is 0 Å². The van der Waals surface area contributed by atoms with E-state index in [0.717, 1.165) is 16.5 Å². The molecule has 0 aliphatic carbocycles. The van der Waals surface area contributed by atoms with Gasteiger partial charge in [0.15, 0.2) is 4.90 Å². The number of phenols is 1. The molecule has 0 bridgehead atoms. The maximum atomic E-state index is 10.0. The Bertz CT molecular complexity index is 535. The topological polar surface area (TPSA) is 29.5 Å². The highest BCUT2D eigenvalue weighted by Gasteiger charge is 2.17. The summed E-state index contributed by atoms with van der Waals surface area (Å²) in [6.07, 6.45) is 4.36. The van der Waals surface area contributed by atoms with Crippen LogP contribution in [0.15, 0.2) is 35.2 Å². The fraction of sp³-hybridized carbons (Fsp3) is 0.286. The summed E-state index contributed by atoms with van der Waals surface area (Å²) < 4.78 is 5.58. The number of aromatic hydroxyl groups is 1. The van der Waals surface area contributed by atoms with Crippen molar-refractivity contribution in [2.75, 3.05) is 19.1 Å². The largest absolute Gasteiger partial charge is 0.507 e. The highest BCUT2D eigenvalue weighted by Crippen LogP contribution is 2.36. The van der Waals surface area contributed by atoms with Crippen molar-refractivity contribution in [1.29, 1.82) is 0 Å². The number of rotatable bonds is 3. The van der Waals surface area contributed by atoms with Crippen molar-refractivity contribution < 1.29 is 9.84 Å². The molecule has 0 unspecified atom stereocenters. The fourth-order valence-electron chi connectivity index (χ4n) is 1.96. The summed E-state index contributed by atoms with van der Waals surface area (Å²) >= 11 is 0. The Morgan fingerprint density at radius 3 is 2.59 bits per heavy atom. The van der Waals surface area contributed by atoms with Crippen molar-refractivity contribution in [2.45, 2.75) is 11.8 Å². The van der Waals surface area contributed by atoms with Gasteiger partial charge in [0, 0.05) is 16.3 Å². The molecular weight excluding hydrogens is 232 g/mol. The van der Waals surface area contributed by atoms with Crippen LogP contribution in [0.2, 0.25) is 0 Å². The molecule has 3 heteroatoms. The molecule has 0 atom stereocenters. The fourth-order valence-corrected chi connectivity index (χ4v) is 2.91. The van der Waals surface area contributed by atoms with Gasteiger partial charge >= 0.3 is 0 Å². The average Bonchev–Trinajstić information content (AvgIpc) is 2.29. The Hall–Kier alpha value is -1.35. The van der Waals surface area contributed by atoms with Crippen LogP contribution in [-0.4, -0.2) is 24.2 Å². The number of hydrogen-bond donors (Lipinski definition) is 1. The van der Waals surface area contributed by atoms with E-state index in [1.165, 1.54) is 4.90 Å². The molecule has 0 aliphatic heterocycles. The van der Waals surface area contributed by atoms with Crippen LogP contribution >= 0.6 is 0 Å². The molecule has 0 spiro atoms. The number of ether oxygens (including phenoxy) is 1. The lowest BCUT2D eigenvalue weighted by Crippen LogP contribution is -1.98. The molecular formula is C14H17O2S+. The van der Waals surface area contributed by atoms with E-state index in [2.05, 4.69) is 12.5 Å². The zero-order valence-electron chi connectivity index (χ0n) is 10.4. The third-order valence-corrected chi connectivity index (χ3v) is 3.92. The summed E-state index contributed by atoms with van der Waals surface area (Å²) in [4.78, 5) is 1.26. The highest BCUT2D eigenvalue weighted by molar-refractivity contribution is 7.95. The predicted octanol–water partition coefficient (Wildman–Crippen LogP) is 3.18. The van der Waals surface area contributed by atoms with Crippen molar-refractivity contribution in [3.05, 3.63) is 30.3 Å². The van der Waals surface area contributed by atoms with Gasteiger partial charge in [-0.25, -0.2) is 0 Å². The maximum Gasteiger partial charge on any atom is 0.162 e. The van der Waals surface area contributed by atoms with E-state index in [-0.39, 0.29) is 10.9 Å². The average molecular weight is 249 g/mol. The molecule has 0 aliphatic rings. The van der Waals surface area contributed by atoms with E-state index in [4.69, 9.17) is 4.74 Å². The van der Waals surface area contributed by atoms with Crippen LogP contribution < -0.4 is 4.74 Å². The SMILES string of the molecule is CCOc1cccc2c([S+](C)C)ccc(O)c12. The molecule has 90 valence electrons. The second kappa shape index (κ2) is 4.88. The quantitative estimate of drug-likeness (QED) is 0.847. The summed E-state index contributed by atoms with van der Waals surface area (Å²) in [6, 6.07) is 9.67.